The van der Waals surface area contributed by atoms with Crippen LogP contribution >= 0.6 is 0 Å². The molecule has 8 heteroatoms. The third-order valence-electron chi connectivity index (χ3n) is 2.60. The van der Waals surface area contributed by atoms with Crippen molar-refractivity contribution in [2.75, 3.05) is 12.9 Å². The maximum absolute atomic E-state index is 11.7. The van der Waals surface area contributed by atoms with Gasteiger partial charge in [0.2, 0.25) is 5.91 Å². The molecule has 1 N–H and O–H groups in total. The molecule has 1 fully saturated rings. The summed E-state index contributed by atoms with van der Waals surface area (Å²) in [5.74, 6) is -1.22. The van der Waals surface area contributed by atoms with Crippen LogP contribution in [0, 0.1) is 5.92 Å². The predicted octanol–water partition coefficient (Wildman–Crippen LogP) is 0.199. The summed E-state index contributed by atoms with van der Waals surface area (Å²) < 4.78 is 31.5. The van der Waals surface area contributed by atoms with Gasteiger partial charge in [0.25, 0.3) is 10.1 Å². The van der Waals surface area contributed by atoms with Gasteiger partial charge in [0.1, 0.15) is 5.60 Å². The van der Waals surface area contributed by atoms with E-state index in [4.69, 9.17) is 4.74 Å². The molecule has 1 rings (SSSR count). The van der Waals surface area contributed by atoms with Gasteiger partial charge >= 0.3 is 5.97 Å². The van der Waals surface area contributed by atoms with E-state index >= 15 is 0 Å². The van der Waals surface area contributed by atoms with Gasteiger partial charge in [0, 0.05) is 0 Å². The summed E-state index contributed by atoms with van der Waals surface area (Å²) in [7, 11) is -3.54. The van der Waals surface area contributed by atoms with Crippen molar-refractivity contribution in [3.63, 3.8) is 0 Å². The van der Waals surface area contributed by atoms with E-state index in [0.29, 0.717) is 6.42 Å². The summed E-state index contributed by atoms with van der Waals surface area (Å²) in [4.78, 5) is 23.3. The summed E-state index contributed by atoms with van der Waals surface area (Å²) >= 11 is 0. The molecule has 1 amide bonds. The first-order valence-electron chi connectivity index (χ1n) is 6.33. The Bertz CT molecular complexity index is 479. The minimum atomic E-state index is -3.54. The smallest absolute Gasteiger partial charge is 0.307 e. The molecule has 0 saturated carbocycles. The summed E-state index contributed by atoms with van der Waals surface area (Å²) in [5, 5.41) is 2.61. The van der Waals surface area contributed by atoms with Crippen molar-refractivity contribution in [2.24, 2.45) is 5.92 Å². The lowest BCUT2D eigenvalue weighted by atomic mass is 10.0. The van der Waals surface area contributed by atoms with Crippen molar-refractivity contribution in [3.05, 3.63) is 0 Å². The molecule has 1 heterocycles. The topological polar surface area (TPSA) is 98.8 Å². The molecule has 0 bridgehead atoms. The second kappa shape index (κ2) is 6.09. The van der Waals surface area contributed by atoms with Crippen molar-refractivity contribution in [1.29, 1.82) is 0 Å². The molecule has 0 unspecified atom stereocenters. The standard InChI is InChI=1S/C12H21NO6S/c1-12(2,3)19-10(14)6-8-5-9(13-11(8)15)7-18-20(4,16)17/h8-9H,5-7H2,1-4H3,(H,13,15)/t8-,9-/m0/s1. The lowest BCUT2D eigenvalue weighted by molar-refractivity contribution is -0.157. The molecular weight excluding hydrogens is 286 g/mol. The number of amides is 1. The zero-order valence-electron chi connectivity index (χ0n) is 12.1. The fraction of sp³-hybridized carbons (Fsp3) is 0.833. The molecule has 0 aromatic carbocycles. The lowest BCUT2D eigenvalue weighted by Crippen LogP contribution is -2.31. The van der Waals surface area contributed by atoms with Crippen LogP contribution in [0.4, 0.5) is 0 Å². The van der Waals surface area contributed by atoms with E-state index < -0.39 is 33.6 Å². The third-order valence-corrected chi connectivity index (χ3v) is 3.17. The van der Waals surface area contributed by atoms with Crippen molar-refractivity contribution in [3.8, 4) is 0 Å². The predicted molar refractivity (Wildman–Crippen MR) is 71.3 cm³/mol. The highest BCUT2D eigenvalue weighted by molar-refractivity contribution is 7.85. The maximum Gasteiger partial charge on any atom is 0.307 e. The number of esters is 1. The van der Waals surface area contributed by atoms with Gasteiger partial charge in [-0.2, -0.15) is 8.42 Å². The summed E-state index contributed by atoms with van der Waals surface area (Å²) in [6, 6.07) is -0.398. The highest BCUT2D eigenvalue weighted by atomic mass is 32.2. The van der Waals surface area contributed by atoms with Crippen LogP contribution in [0.1, 0.15) is 33.6 Å². The Morgan fingerprint density at radius 2 is 2.00 bits per heavy atom. The summed E-state index contributed by atoms with van der Waals surface area (Å²) in [6.45, 7) is 5.14. The van der Waals surface area contributed by atoms with Gasteiger partial charge in [-0.05, 0) is 27.2 Å². The quantitative estimate of drug-likeness (QED) is 0.575. The van der Waals surface area contributed by atoms with Gasteiger partial charge < -0.3 is 10.1 Å². The van der Waals surface area contributed by atoms with Crippen LogP contribution in [0.15, 0.2) is 0 Å². The zero-order chi connectivity index (χ0) is 15.6. The molecule has 1 saturated heterocycles. The Morgan fingerprint density at radius 3 is 2.50 bits per heavy atom. The fourth-order valence-corrected chi connectivity index (χ4v) is 2.32. The monoisotopic (exact) mass is 307 g/mol. The second-order valence-corrected chi connectivity index (χ2v) is 7.56. The normalized spacial score (nSPS) is 23.5. The second-order valence-electron chi connectivity index (χ2n) is 5.92. The number of hydrogen-bond acceptors (Lipinski definition) is 6. The van der Waals surface area contributed by atoms with Crippen molar-refractivity contribution in [2.45, 2.75) is 45.3 Å². The third kappa shape index (κ3) is 6.33. The minimum absolute atomic E-state index is 0.0154. The molecule has 0 spiro atoms. The minimum Gasteiger partial charge on any atom is -0.460 e. The van der Waals surface area contributed by atoms with Crippen LogP contribution in [-0.4, -0.2) is 44.8 Å². The molecule has 1 aliphatic heterocycles. The molecule has 2 atom stereocenters. The highest BCUT2D eigenvalue weighted by Gasteiger charge is 2.35. The Kier molecular flexibility index (Phi) is 5.15. The van der Waals surface area contributed by atoms with Gasteiger partial charge in [-0.3, -0.25) is 13.8 Å². The molecule has 7 nitrogen and oxygen atoms in total. The molecule has 0 aromatic rings. The first kappa shape index (κ1) is 16.9. The first-order valence-corrected chi connectivity index (χ1v) is 8.14. The first-order chi connectivity index (χ1) is 8.96. The molecular formula is C12H21NO6S. The fourth-order valence-electron chi connectivity index (χ4n) is 1.90. The summed E-state index contributed by atoms with van der Waals surface area (Å²) in [5.41, 5.74) is -0.592. The average Bonchev–Trinajstić information content (AvgIpc) is 2.53. The zero-order valence-corrected chi connectivity index (χ0v) is 13.0. The van der Waals surface area contributed by atoms with Gasteiger partial charge in [0.05, 0.1) is 31.2 Å². The van der Waals surface area contributed by atoms with E-state index in [0.717, 1.165) is 6.26 Å². The Morgan fingerprint density at radius 1 is 1.40 bits per heavy atom. The maximum atomic E-state index is 11.7. The van der Waals surface area contributed by atoms with Crippen LogP contribution in [0.5, 0.6) is 0 Å². The van der Waals surface area contributed by atoms with Crippen molar-refractivity contribution >= 4 is 22.0 Å². The van der Waals surface area contributed by atoms with E-state index in [1.807, 2.05) is 0 Å². The molecule has 0 aromatic heterocycles. The summed E-state index contributed by atoms with van der Waals surface area (Å²) in [6.07, 6.45) is 1.29. The number of carbonyl (C=O) groups is 2. The number of rotatable bonds is 5. The van der Waals surface area contributed by atoms with Gasteiger partial charge in [0.15, 0.2) is 0 Å². The van der Waals surface area contributed by atoms with Gasteiger partial charge in [-0.1, -0.05) is 0 Å². The van der Waals surface area contributed by atoms with E-state index in [1.54, 1.807) is 20.8 Å². The van der Waals surface area contributed by atoms with E-state index in [-0.39, 0.29) is 18.9 Å². The Hall–Kier alpha value is -1.15. The van der Waals surface area contributed by atoms with Gasteiger partial charge in [-0.15, -0.1) is 0 Å². The van der Waals surface area contributed by atoms with Crippen molar-refractivity contribution in [1.82, 2.24) is 5.32 Å². The number of carbonyl (C=O) groups excluding carboxylic acids is 2. The Balaban J connectivity index is 2.46. The largest absolute Gasteiger partial charge is 0.460 e. The van der Waals surface area contributed by atoms with Crippen LogP contribution in [-0.2, 0) is 28.6 Å². The number of ether oxygens (including phenoxy) is 1. The molecule has 0 aliphatic carbocycles. The SMILES string of the molecule is CC(C)(C)OC(=O)C[C@@H]1C[C@@H](COS(C)(=O)=O)NC1=O. The van der Waals surface area contributed by atoms with Crippen LogP contribution in [0.2, 0.25) is 0 Å². The van der Waals surface area contributed by atoms with Crippen molar-refractivity contribution < 1.29 is 26.9 Å². The van der Waals surface area contributed by atoms with E-state index in [2.05, 4.69) is 9.50 Å². The Labute approximate surface area is 119 Å². The van der Waals surface area contributed by atoms with Crippen LogP contribution in [0.3, 0.4) is 0 Å². The highest BCUT2D eigenvalue weighted by Crippen LogP contribution is 2.21. The average molecular weight is 307 g/mol. The van der Waals surface area contributed by atoms with E-state index in [1.165, 1.54) is 0 Å². The molecule has 1 aliphatic rings. The van der Waals surface area contributed by atoms with E-state index in [9.17, 15) is 18.0 Å². The number of hydrogen-bond donors (Lipinski definition) is 1. The molecule has 20 heavy (non-hydrogen) atoms. The number of nitrogens with one attached hydrogen (secondary N) is 1. The van der Waals surface area contributed by atoms with Gasteiger partial charge in [-0.25, -0.2) is 0 Å². The van der Waals surface area contributed by atoms with Crippen LogP contribution < -0.4 is 5.32 Å². The molecule has 116 valence electrons. The van der Waals surface area contributed by atoms with Crippen LogP contribution in [0.25, 0.3) is 0 Å². The molecule has 0 radical (unpaired) electrons. The lowest BCUT2D eigenvalue weighted by Gasteiger charge is -2.20.